The Morgan fingerprint density at radius 3 is 2.58 bits per heavy atom. The lowest BCUT2D eigenvalue weighted by atomic mass is 9.86. The van der Waals surface area contributed by atoms with Gasteiger partial charge in [-0.25, -0.2) is 0 Å². The quantitative estimate of drug-likeness (QED) is 0.547. The third-order valence-electron chi connectivity index (χ3n) is 2.77. The maximum absolute atomic E-state index is 3.84. The predicted molar refractivity (Wildman–Crippen MR) is 52.9 cm³/mol. The predicted octanol–water partition coefficient (Wildman–Crippen LogP) is 3.54. The second-order valence-electron chi connectivity index (χ2n) is 3.56. The van der Waals surface area contributed by atoms with Crippen LogP contribution < -0.4 is 0 Å². The van der Waals surface area contributed by atoms with E-state index in [2.05, 4.69) is 25.7 Å². The Balaban J connectivity index is 2.36. The van der Waals surface area contributed by atoms with Gasteiger partial charge in [0.1, 0.15) is 0 Å². The highest BCUT2D eigenvalue weighted by molar-refractivity contribution is 5.49. The van der Waals surface area contributed by atoms with Gasteiger partial charge in [0, 0.05) is 0 Å². The Labute approximate surface area is 74.0 Å². The maximum atomic E-state index is 3.84. The van der Waals surface area contributed by atoms with E-state index in [1.165, 1.54) is 16.7 Å². The monoisotopic (exact) mass is 158 g/mol. The van der Waals surface area contributed by atoms with Gasteiger partial charge < -0.3 is 0 Å². The summed E-state index contributed by atoms with van der Waals surface area (Å²) < 4.78 is 0. The van der Waals surface area contributed by atoms with E-state index in [1.54, 1.807) is 5.57 Å². The molecule has 2 aliphatic carbocycles. The van der Waals surface area contributed by atoms with Crippen LogP contribution in [0, 0.1) is 0 Å². The third-order valence-corrected chi connectivity index (χ3v) is 2.77. The summed E-state index contributed by atoms with van der Waals surface area (Å²) in [7, 11) is 0. The van der Waals surface area contributed by atoms with Gasteiger partial charge in [0.15, 0.2) is 0 Å². The second-order valence-corrected chi connectivity index (χ2v) is 3.56. The van der Waals surface area contributed by atoms with Gasteiger partial charge in [-0.2, -0.15) is 0 Å². The average molecular weight is 158 g/mol. The van der Waals surface area contributed by atoms with Crippen LogP contribution in [0.4, 0.5) is 0 Å². The van der Waals surface area contributed by atoms with Crippen LogP contribution in [0.3, 0.4) is 0 Å². The zero-order valence-corrected chi connectivity index (χ0v) is 7.56. The Morgan fingerprint density at radius 1 is 1.25 bits per heavy atom. The summed E-state index contributed by atoms with van der Waals surface area (Å²) in [5.74, 6) is 0. The van der Waals surface area contributed by atoms with E-state index in [0.717, 1.165) is 19.3 Å². The summed E-state index contributed by atoms with van der Waals surface area (Å²) in [6.07, 6.45) is 10.1. The standard InChI is InChI=1S/C12H14/c1-3-10-8-12-6-4-5-11(12)7-9(10)2/h3,5-6H,1,4,7-8H2,2H3. The zero-order chi connectivity index (χ0) is 8.55. The van der Waals surface area contributed by atoms with Crippen LogP contribution in [0.1, 0.15) is 26.2 Å². The number of hydrogen-bond donors (Lipinski definition) is 0. The number of allylic oxidation sites excluding steroid dienone is 7. The summed E-state index contributed by atoms with van der Waals surface area (Å²) in [5.41, 5.74) is 6.02. The molecule has 0 aromatic carbocycles. The van der Waals surface area contributed by atoms with Crippen molar-refractivity contribution < 1.29 is 0 Å². The molecule has 0 N–H and O–H groups in total. The minimum atomic E-state index is 1.11. The van der Waals surface area contributed by atoms with Crippen molar-refractivity contribution in [1.29, 1.82) is 0 Å². The van der Waals surface area contributed by atoms with Gasteiger partial charge in [-0.3, -0.25) is 0 Å². The van der Waals surface area contributed by atoms with Crippen molar-refractivity contribution in [2.45, 2.75) is 26.2 Å². The van der Waals surface area contributed by atoms with E-state index in [4.69, 9.17) is 0 Å². The van der Waals surface area contributed by atoms with Gasteiger partial charge in [-0.15, -0.1) is 0 Å². The first-order valence-corrected chi connectivity index (χ1v) is 4.50. The van der Waals surface area contributed by atoms with Crippen LogP contribution in [-0.4, -0.2) is 0 Å². The van der Waals surface area contributed by atoms with Crippen molar-refractivity contribution in [2.75, 3.05) is 0 Å². The van der Waals surface area contributed by atoms with Crippen molar-refractivity contribution in [3.63, 3.8) is 0 Å². The van der Waals surface area contributed by atoms with Crippen LogP contribution in [0.2, 0.25) is 0 Å². The molecule has 2 aliphatic rings. The van der Waals surface area contributed by atoms with Gasteiger partial charge >= 0.3 is 0 Å². The fourth-order valence-corrected chi connectivity index (χ4v) is 1.98. The molecular weight excluding hydrogens is 144 g/mol. The van der Waals surface area contributed by atoms with E-state index < -0.39 is 0 Å². The van der Waals surface area contributed by atoms with Crippen molar-refractivity contribution >= 4 is 0 Å². The third kappa shape index (κ3) is 1.08. The molecule has 0 aliphatic heterocycles. The molecule has 0 aromatic heterocycles. The number of fused-ring (bicyclic) bond motifs is 1. The fraction of sp³-hybridized carbons (Fsp3) is 0.333. The molecule has 2 rings (SSSR count). The highest BCUT2D eigenvalue weighted by Crippen LogP contribution is 2.36. The molecule has 0 nitrogen and oxygen atoms in total. The van der Waals surface area contributed by atoms with Crippen molar-refractivity contribution in [2.24, 2.45) is 0 Å². The van der Waals surface area contributed by atoms with E-state index in [-0.39, 0.29) is 0 Å². The van der Waals surface area contributed by atoms with Crippen LogP contribution in [0.15, 0.2) is 47.1 Å². The summed E-state index contributed by atoms with van der Waals surface area (Å²) in [4.78, 5) is 0. The van der Waals surface area contributed by atoms with E-state index >= 15 is 0 Å². The minimum absolute atomic E-state index is 1.11. The molecule has 0 aromatic rings. The van der Waals surface area contributed by atoms with E-state index in [1.807, 2.05) is 6.08 Å². The maximum Gasteiger partial charge on any atom is -0.00267 e. The Hall–Kier alpha value is -1.04. The average Bonchev–Trinajstić information content (AvgIpc) is 2.49. The van der Waals surface area contributed by atoms with Gasteiger partial charge in [0.2, 0.25) is 0 Å². The molecule has 0 unspecified atom stereocenters. The minimum Gasteiger partial charge on any atom is -0.0988 e. The molecule has 0 heterocycles. The molecule has 0 spiro atoms. The van der Waals surface area contributed by atoms with Gasteiger partial charge in [0.25, 0.3) is 0 Å². The lowest BCUT2D eigenvalue weighted by Crippen LogP contribution is -2.00. The number of rotatable bonds is 1. The lowest BCUT2D eigenvalue weighted by molar-refractivity contribution is 0.977. The molecule has 62 valence electrons. The van der Waals surface area contributed by atoms with Crippen molar-refractivity contribution in [3.8, 4) is 0 Å². The lowest BCUT2D eigenvalue weighted by Gasteiger charge is -2.19. The Kier molecular flexibility index (Phi) is 1.76. The summed E-state index contributed by atoms with van der Waals surface area (Å²) in [6, 6.07) is 0. The molecular formula is C12H14. The molecule has 0 heteroatoms. The fourth-order valence-electron chi connectivity index (χ4n) is 1.98. The topological polar surface area (TPSA) is 0 Å². The Bertz CT molecular complexity index is 311. The van der Waals surface area contributed by atoms with Crippen molar-refractivity contribution in [1.82, 2.24) is 0 Å². The molecule has 12 heavy (non-hydrogen) atoms. The first-order chi connectivity index (χ1) is 5.81. The van der Waals surface area contributed by atoms with Gasteiger partial charge in [-0.1, -0.05) is 30.4 Å². The van der Waals surface area contributed by atoms with E-state index in [0.29, 0.717) is 0 Å². The zero-order valence-electron chi connectivity index (χ0n) is 7.56. The first-order valence-electron chi connectivity index (χ1n) is 4.50. The van der Waals surface area contributed by atoms with Gasteiger partial charge in [-0.05, 0) is 42.9 Å². The highest BCUT2D eigenvalue weighted by atomic mass is 14.2. The Morgan fingerprint density at radius 2 is 1.92 bits per heavy atom. The second kappa shape index (κ2) is 2.78. The molecule has 0 atom stereocenters. The van der Waals surface area contributed by atoms with Crippen molar-refractivity contribution in [3.05, 3.63) is 47.1 Å². The molecule has 0 saturated heterocycles. The van der Waals surface area contributed by atoms with Crippen LogP contribution >= 0.6 is 0 Å². The molecule has 0 saturated carbocycles. The normalized spacial score (nSPS) is 21.8. The van der Waals surface area contributed by atoms with Crippen LogP contribution in [0.5, 0.6) is 0 Å². The van der Waals surface area contributed by atoms with Crippen LogP contribution in [0.25, 0.3) is 0 Å². The summed E-state index contributed by atoms with van der Waals surface area (Å²) >= 11 is 0. The van der Waals surface area contributed by atoms with E-state index in [9.17, 15) is 0 Å². The first kappa shape index (κ1) is 7.60. The molecule has 0 bridgehead atoms. The molecule has 0 amide bonds. The van der Waals surface area contributed by atoms with Crippen LogP contribution in [-0.2, 0) is 0 Å². The van der Waals surface area contributed by atoms with Gasteiger partial charge in [0.05, 0.1) is 0 Å². The largest absolute Gasteiger partial charge is 0.0988 e. The SMILES string of the molecule is C=CC1=C(C)CC2=CCC=C2C1. The molecule has 0 radical (unpaired) electrons. The summed E-state index contributed by atoms with van der Waals surface area (Å²) in [6.45, 7) is 6.06. The molecule has 0 fully saturated rings. The highest BCUT2D eigenvalue weighted by Gasteiger charge is 2.17. The summed E-state index contributed by atoms with van der Waals surface area (Å²) in [5, 5.41) is 0. The number of hydrogen-bond acceptors (Lipinski definition) is 0. The smallest absolute Gasteiger partial charge is 0.00267 e.